The molecule has 0 aromatic carbocycles. The van der Waals surface area contributed by atoms with Crippen LogP contribution in [0.3, 0.4) is 0 Å². The predicted molar refractivity (Wildman–Crippen MR) is 69.7 cm³/mol. The maximum atomic E-state index is 13.1. The Morgan fingerprint density at radius 2 is 2.30 bits per heavy atom. The van der Waals surface area contributed by atoms with Crippen LogP contribution in [0.1, 0.15) is 20.3 Å². The number of rotatable bonds is 2. The minimum absolute atomic E-state index is 0.0730. The number of nitrogens with one attached hydrogen (secondary N) is 1. The molecule has 1 fully saturated rings. The van der Waals surface area contributed by atoms with Crippen molar-refractivity contribution in [3.63, 3.8) is 0 Å². The summed E-state index contributed by atoms with van der Waals surface area (Å²) < 4.78 is 19.9. The van der Waals surface area contributed by atoms with Crippen LogP contribution in [0.25, 0.3) is 5.65 Å². The molecule has 106 valence electrons. The Morgan fingerprint density at radius 3 is 3.00 bits per heavy atom. The molecule has 1 aliphatic rings. The second kappa shape index (κ2) is 4.82. The summed E-state index contributed by atoms with van der Waals surface area (Å²) in [5, 5.41) is 6.62. The molecule has 6 nitrogen and oxygen atoms in total. The first-order valence-electron chi connectivity index (χ1n) is 6.51. The third kappa shape index (κ3) is 2.36. The van der Waals surface area contributed by atoms with Crippen LogP contribution in [0.2, 0.25) is 0 Å². The van der Waals surface area contributed by atoms with Crippen molar-refractivity contribution in [2.24, 2.45) is 5.92 Å². The molecule has 3 rings (SSSR count). The highest BCUT2D eigenvalue weighted by Gasteiger charge is 2.35. The molecule has 1 N–H and O–H groups in total. The van der Waals surface area contributed by atoms with E-state index in [-0.39, 0.29) is 23.9 Å². The summed E-state index contributed by atoms with van der Waals surface area (Å²) in [6.45, 7) is 3.91. The molecule has 3 atom stereocenters. The minimum Gasteiger partial charge on any atom is -0.365 e. The number of anilines is 1. The van der Waals surface area contributed by atoms with Gasteiger partial charge >= 0.3 is 0 Å². The molecule has 1 aliphatic heterocycles. The van der Waals surface area contributed by atoms with E-state index < -0.39 is 11.9 Å². The normalized spacial score (nSPS) is 26.1. The van der Waals surface area contributed by atoms with E-state index in [4.69, 9.17) is 4.74 Å². The standard InChI is InChI=1S/C13H15FN4O2/c1-7-5-8(2)20-11(7)12(19)16-13-15-10-4-3-9(14)6-18(10)17-13/h3-4,6-8,11H,5H2,1-2H3,(H,16,17,19). The molecule has 1 saturated heterocycles. The second-order valence-electron chi connectivity index (χ2n) is 5.16. The molecular formula is C13H15FN4O2. The van der Waals surface area contributed by atoms with Gasteiger partial charge in [0.1, 0.15) is 11.9 Å². The van der Waals surface area contributed by atoms with Gasteiger partial charge in [0.2, 0.25) is 5.95 Å². The molecule has 0 radical (unpaired) electrons. The van der Waals surface area contributed by atoms with Crippen LogP contribution in [0, 0.1) is 11.7 Å². The number of aromatic nitrogens is 3. The summed E-state index contributed by atoms with van der Waals surface area (Å²) in [4.78, 5) is 16.2. The quantitative estimate of drug-likeness (QED) is 0.906. The van der Waals surface area contributed by atoms with E-state index >= 15 is 0 Å². The van der Waals surface area contributed by atoms with Crippen LogP contribution in [0.4, 0.5) is 10.3 Å². The lowest BCUT2D eigenvalue weighted by Crippen LogP contribution is -2.32. The molecular weight excluding hydrogens is 263 g/mol. The number of hydrogen-bond donors (Lipinski definition) is 1. The van der Waals surface area contributed by atoms with E-state index in [9.17, 15) is 9.18 Å². The zero-order valence-electron chi connectivity index (χ0n) is 11.2. The molecule has 3 unspecified atom stereocenters. The van der Waals surface area contributed by atoms with Crippen molar-refractivity contribution in [3.05, 3.63) is 24.1 Å². The molecule has 2 aromatic heterocycles. The lowest BCUT2D eigenvalue weighted by molar-refractivity contribution is -0.127. The number of nitrogens with zero attached hydrogens (tertiary/aromatic N) is 3. The predicted octanol–water partition coefficient (Wildman–Crippen LogP) is 1.62. The van der Waals surface area contributed by atoms with E-state index in [0.29, 0.717) is 5.65 Å². The number of carbonyl (C=O) groups excluding carboxylic acids is 1. The number of pyridine rings is 1. The topological polar surface area (TPSA) is 68.5 Å². The zero-order valence-corrected chi connectivity index (χ0v) is 11.2. The zero-order chi connectivity index (χ0) is 14.3. The smallest absolute Gasteiger partial charge is 0.256 e. The molecule has 1 amide bonds. The highest BCUT2D eigenvalue weighted by Crippen LogP contribution is 2.26. The Morgan fingerprint density at radius 1 is 1.50 bits per heavy atom. The highest BCUT2D eigenvalue weighted by molar-refractivity contribution is 5.93. The SMILES string of the molecule is CC1CC(C)C(C(=O)Nc2nc3ccc(F)cn3n2)O1. The van der Waals surface area contributed by atoms with Gasteiger partial charge in [-0.2, -0.15) is 4.98 Å². The van der Waals surface area contributed by atoms with E-state index in [1.807, 2.05) is 13.8 Å². The fourth-order valence-corrected chi connectivity index (χ4v) is 2.50. The van der Waals surface area contributed by atoms with Crippen LogP contribution < -0.4 is 5.32 Å². The summed E-state index contributed by atoms with van der Waals surface area (Å²) in [7, 11) is 0. The van der Waals surface area contributed by atoms with E-state index in [1.54, 1.807) is 0 Å². The van der Waals surface area contributed by atoms with Gasteiger partial charge in [-0.1, -0.05) is 6.92 Å². The fraction of sp³-hybridized carbons (Fsp3) is 0.462. The monoisotopic (exact) mass is 278 g/mol. The van der Waals surface area contributed by atoms with Crippen LogP contribution in [-0.4, -0.2) is 32.7 Å². The van der Waals surface area contributed by atoms with Gasteiger partial charge in [-0.15, -0.1) is 5.10 Å². The van der Waals surface area contributed by atoms with Gasteiger partial charge in [-0.3, -0.25) is 10.1 Å². The third-order valence-electron chi connectivity index (χ3n) is 3.39. The number of amides is 1. The Labute approximate surface area is 114 Å². The number of halogens is 1. The van der Waals surface area contributed by atoms with Gasteiger partial charge in [0, 0.05) is 0 Å². The van der Waals surface area contributed by atoms with Gasteiger partial charge in [-0.25, -0.2) is 8.91 Å². The van der Waals surface area contributed by atoms with Gasteiger partial charge in [-0.05, 0) is 31.4 Å². The molecule has 0 spiro atoms. The highest BCUT2D eigenvalue weighted by atomic mass is 19.1. The fourth-order valence-electron chi connectivity index (χ4n) is 2.50. The van der Waals surface area contributed by atoms with Crippen molar-refractivity contribution in [3.8, 4) is 0 Å². The maximum absolute atomic E-state index is 13.1. The number of ether oxygens (including phenoxy) is 1. The van der Waals surface area contributed by atoms with E-state index in [0.717, 1.165) is 6.42 Å². The first-order valence-corrected chi connectivity index (χ1v) is 6.51. The minimum atomic E-state index is -0.492. The van der Waals surface area contributed by atoms with Gasteiger partial charge in [0.05, 0.1) is 12.3 Å². The average molecular weight is 278 g/mol. The number of carbonyl (C=O) groups is 1. The number of fused-ring (bicyclic) bond motifs is 1. The molecule has 2 aromatic rings. The van der Waals surface area contributed by atoms with Crippen molar-refractivity contribution in [1.29, 1.82) is 0 Å². The third-order valence-corrected chi connectivity index (χ3v) is 3.39. The van der Waals surface area contributed by atoms with Crippen LogP contribution >= 0.6 is 0 Å². The van der Waals surface area contributed by atoms with Crippen molar-refractivity contribution < 1.29 is 13.9 Å². The average Bonchev–Trinajstić information content (AvgIpc) is 2.91. The Bertz CT molecular complexity index is 657. The van der Waals surface area contributed by atoms with Crippen LogP contribution in [-0.2, 0) is 9.53 Å². The summed E-state index contributed by atoms with van der Waals surface area (Å²) in [6.07, 6.45) is 1.63. The molecule has 20 heavy (non-hydrogen) atoms. The lowest BCUT2D eigenvalue weighted by atomic mass is 10.0. The first-order chi connectivity index (χ1) is 9.52. The Hall–Kier alpha value is -2.02. The lowest BCUT2D eigenvalue weighted by Gasteiger charge is -2.12. The van der Waals surface area contributed by atoms with Gasteiger partial charge in [0.15, 0.2) is 5.65 Å². The van der Waals surface area contributed by atoms with Gasteiger partial charge in [0.25, 0.3) is 5.91 Å². The summed E-state index contributed by atoms with van der Waals surface area (Å²) in [6, 6.07) is 2.79. The summed E-state index contributed by atoms with van der Waals surface area (Å²) in [5.41, 5.74) is 0.468. The van der Waals surface area contributed by atoms with Crippen molar-refractivity contribution in [1.82, 2.24) is 14.6 Å². The summed E-state index contributed by atoms with van der Waals surface area (Å²) >= 11 is 0. The second-order valence-corrected chi connectivity index (χ2v) is 5.16. The molecule has 7 heteroatoms. The first kappa shape index (κ1) is 13.0. The number of hydrogen-bond acceptors (Lipinski definition) is 4. The van der Waals surface area contributed by atoms with Gasteiger partial charge < -0.3 is 4.74 Å². The Kier molecular flexibility index (Phi) is 3.13. The summed E-state index contributed by atoms with van der Waals surface area (Å²) in [5.74, 6) is -0.379. The molecule has 0 aliphatic carbocycles. The largest absolute Gasteiger partial charge is 0.365 e. The molecule has 0 bridgehead atoms. The van der Waals surface area contributed by atoms with Crippen molar-refractivity contribution in [2.75, 3.05) is 5.32 Å². The Balaban J connectivity index is 1.77. The molecule has 3 heterocycles. The molecule has 0 saturated carbocycles. The van der Waals surface area contributed by atoms with E-state index in [2.05, 4.69) is 15.4 Å². The van der Waals surface area contributed by atoms with Crippen molar-refractivity contribution in [2.45, 2.75) is 32.5 Å². The maximum Gasteiger partial charge on any atom is 0.256 e. The van der Waals surface area contributed by atoms with Crippen LogP contribution in [0.5, 0.6) is 0 Å². The van der Waals surface area contributed by atoms with Crippen LogP contribution in [0.15, 0.2) is 18.3 Å². The van der Waals surface area contributed by atoms with E-state index in [1.165, 1.54) is 22.8 Å². The van der Waals surface area contributed by atoms with Crippen molar-refractivity contribution >= 4 is 17.5 Å².